The van der Waals surface area contributed by atoms with Crippen LogP contribution in [0.1, 0.15) is 51.7 Å². The second-order valence-corrected chi connectivity index (χ2v) is 9.74. The van der Waals surface area contributed by atoms with E-state index in [1.165, 1.54) is 0 Å². The number of amides is 1. The molecule has 6 heteroatoms. The molecular formula is C26H29ClN2O3. The molecule has 4 rings (SSSR count). The van der Waals surface area contributed by atoms with Gasteiger partial charge in [0.2, 0.25) is 0 Å². The van der Waals surface area contributed by atoms with Crippen molar-refractivity contribution in [2.24, 2.45) is 0 Å². The molecule has 1 aliphatic rings. The van der Waals surface area contributed by atoms with Gasteiger partial charge in [-0.15, -0.1) is 0 Å². The highest BCUT2D eigenvalue weighted by Crippen LogP contribution is 2.35. The summed E-state index contributed by atoms with van der Waals surface area (Å²) in [6.07, 6.45) is 1.33. The molecule has 1 fully saturated rings. The Morgan fingerprint density at radius 1 is 1.16 bits per heavy atom. The van der Waals surface area contributed by atoms with Crippen molar-refractivity contribution in [2.75, 3.05) is 6.54 Å². The van der Waals surface area contributed by atoms with Crippen molar-refractivity contribution in [3.05, 3.63) is 65.2 Å². The first-order valence-electron chi connectivity index (χ1n) is 11.1. The van der Waals surface area contributed by atoms with Crippen molar-refractivity contribution < 1.29 is 14.6 Å². The first-order chi connectivity index (χ1) is 15.2. The number of aliphatic hydroxyl groups is 1. The summed E-state index contributed by atoms with van der Waals surface area (Å²) in [5, 5.41) is 13.1. The number of aliphatic hydroxyl groups excluding tert-OH is 1. The molecule has 1 N–H and O–H groups in total. The van der Waals surface area contributed by atoms with Crippen LogP contribution in [0.5, 0.6) is 0 Å². The quantitative estimate of drug-likeness (QED) is 0.501. The summed E-state index contributed by atoms with van der Waals surface area (Å²) in [6.45, 7) is 6.14. The highest BCUT2D eigenvalue weighted by Gasteiger charge is 2.36. The summed E-state index contributed by atoms with van der Waals surface area (Å²) in [7, 11) is 0. The highest BCUT2D eigenvalue weighted by atomic mass is 35.5. The number of carbonyl (C=O) groups is 1. The fourth-order valence-electron chi connectivity index (χ4n) is 4.26. The Balaban J connectivity index is 1.75. The lowest BCUT2D eigenvalue weighted by Crippen LogP contribution is -2.48. The second-order valence-electron chi connectivity index (χ2n) is 9.30. The lowest BCUT2D eigenvalue weighted by molar-refractivity contribution is -0.0166. The van der Waals surface area contributed by atoms with Gasteiger partial charge >= 0.3 is 6.09 Å². The zero-order valence-electron chi connectivity index (χ0n) is 18.7. The van der Waals surface area contributed by atoms with Crippen LogP contribution in [0.2, 0.25) is 5.02 Å². The number of nitrogens with zero attached hydrogens (tertiary/aromatic N) is 2. The van der Waals surface area contributed by atoms with Gasteiger partial charge in [-0.3, -0.25) is 0 Å². The lowest BCUT2D eigenvalue weighted by atomic mass is 9.90. The van der Waals surface area contributed by atoms with Crippen LogP contribution < -0.4 is 0 Å². The van der Waals surface area contributed by atoms with Crippen LogP contribution in [0.15, 0.2) is 54.6 Å². The maximum atomic E-state index is 12.9. The average Bonchev–Trinajstić information content (AvgIpc) is 2.77. The van der Waals surface area contributed by atoms with Crippen molar-refractivity contribution in [2.45, 2.75) is 57.8 Å². The van der Waals surface area contributed by atoms with E-state index in [1.807, 2.05) is 75.4 Å². The standard InChI is InChI=1S/C26H29ClN2O3/c1-26(2,3)32-25(31)29-15-7-6-10-23(29)24(30)20-16-22(17-11-13-18(27)14-12-17)28-21-9-5-4-8-19(20)21/h4-5,8-9,11-14,16,23-24,30H,6-7,10,15H2,1-3H3. The first kappa shape index (κ1) is 22.6. The summed E-state index contributed by atoms with van der Waals surface area (Å²) in [6, 6.07) is 16.8. The van der Waals surface area contributed by atoms with Crippen LogP contribution in [0.3, 0.4) is 0 Å². The molecule has 1 saturated heterocycles. The molecule has 5 nitrogen and oxygen atoms in total. The number of para-hydroxylation sites is 1. The molecule has 2 atom stereocenters. The molecule has 0 bridgehead atoms. The summed E-state index contributed by atoms with van der Waals surface area (Å²) >= 11 is 6.06. The van der Waals surface area contributed by atoms with Gasteiger partial charge in [-0.2, -0.15) is 0 Å². The average molecular weight is 453 g/mol. The van der Waals surface area contributed by atoms with Gasteiger partial charge < -0.3 is 14.7 Å². The Morgan fingerprint density at radius 3 is 2.59 bits per heavy atom. The minimum absolute atomic E-state index is 0.359. The smallest absolute Gasteiger partial charge is 0.410 e. The molecule has 2 aromatic carbocycles. The van der Waals surface area contributed by atoms with Crippen LogP contribution in [-0.2, 0) is 4.74 Å². The molecule has 0 radical (unpaired) electrons. The van der Waals surface area contributed by atoms with Gasteiger partial charge in [-0.1, -0.05) is 41.9 Å². The zero-order chi connectivity index (χ0) is 22.9. The van der Waals surface area contributed by atoms with Crippen LogP contribution in [0.25, 0.3) is 22.2 Å². The molecule has 2 unspecified atom stereocenters. The van der Waals surface area contributed by atoms with E-state index in [1.54, 1.807) is 4.90 Å². The third-order valence-electron chi connectivity index (χ3n) is 5.75. The van der Waals surface area contributed by atoms with Crippen molar-refractivity contribution in [3.8, 4) is 11.3 Å². The number of carbonyl (C=O) groups excluding carboxylic acids is 1. The van der Waals surface area contributed by atoms with E-state index in [9.17, 15) is 9.90 Å². The molecule has 1 aliphatic heterocycles. The number of benzene rings is 2. The van der Waals surface area contributed by atoms with Crippen LogP contribution in [-0.4, -0.2) is 39.3 Å². The van der Waals surface area contributed by atoms with Gasteiger partial charge in [0.1, 0.15) is 11.7 Å². The Bertz CT molecular complexity index is 1110. The molecule has 0 saturated carbocycles. The molecule has 0 aliphatic carbocycles. The highest BCUT2D eigenvalue weighted by molar-refractivity contribution is 6.30. The maximum absolute atomic E-state index is 12.9. The predicted molar refractivity (Wildman–Crippen MR) is 128 cm³/mol. The van der Waals surface area contributed by atoms with Gasteiger partial charge in [0.15, 0.2) is 0 Å². The van der Waals surface area contributed by atoms with Crippen LogP contribution in [0, 0.1) is 0 Å². The number of hydrogen-bond acceptors (Lipinski definition) is 4. The van der Waals surface area contributed by atoms with E-state index in [0.717, 1.165) is 40.6 Å². The van der Waals surface area contributed by atoms with Gasteiger partial charge in [-0.05, 0) is 69.9 Å². The first-order valence-corrected chi connectivity index (χ1v) is 11.4. The Hall–Kier alpha value is -2.63. The summed E-state index contributed by atoms with van der Waals surface area (Å²) in [5.74, 6) is 0. The van der Waals surface area contributed by atoms with Gasteiger partial charge in [0, 0.05) is 22.5 Å². The molecule has 0 spiro atoms. The monoisotopic (exact) mass is 452 g/mol. The Kier molecular flexibility index (Phi) is 6.40. The van der Waals surface area contributed by atoms with E-state index in [4.69, 9.17) is 21.3 Å². The molecule has 168 valence electrons. The van der Waals surface area contributed by atoms with E-state index < -0.39 is 11.7 Å². The Labute approximate surface area is 194 Å². The summed E-state index contributed by atoms with van der Waals surface area (Å²) < 4.78 is 5.64. The van der Waals surface area contributed by atoms with Gasteiger partial charge in [-0.25, -0.2) is 9.78 Å². The van der Waals surface area contributed by atoms with Gasteiger partial charge in [0.25, 0.3) is 0 Å². The lowest BCUT2D eigenvalue weighted by Gasteiger charge is -2.39. The van der Waals surface area contributed by atoms with E-state index in [-0.39, 0.29) is 12.1 Å². The van der Waals surface area contributed by atoms with Crippen molar-refractivity contribution in [1.29, 1.82) is 0 Å². The Morgan fingerprint density at radius 2 is 1.88 bits per heavy atom. The fraction of sp³-hybridized carbons (Fsp3) is 0.385. The zero-order valence-corrected chi connectivity index (χ0v) is 19.5. The van der Waals surface area contributed by atoms with Crippen molar-refractivity contribution >= 4 is 28.6 Å². The number of rotatable bonds is 3. The third-order valence-corrected chi connectivity index (χ3v) is 6.00. The number of piperidine rings is 1. The molecule has 32 heavy (non-hydrogen) atoms. The van der Waals surface area contributed by atoms with Crippen molar-refractivity contribution in [3.63, 3.8) is 0 Å². The normalized spacial score (nSPS) is 17.9. The third kappa shape index (κ3) is 4.89. The second kappa shape index (κ2) is 9.08. The largest absolute Gasteiger partial charge is 0.444 e. The van der Waals surface area contributed by atoms with Crippen LogP contribution in [0.4, 0.5) is 4.79 Å². The number of aromatic nitrogens is 1. The van der Waals surface area contributed by atoms with Crippen LogP contribution >= 0.6 is 11.6 Å². The molecule has 3 aromatic rings. The minimum Gasteiger partial charge on any atom is -0.444 e. The molecule has 2 heterocycles. The topological polar surface area (TPSA) is 62.7 Å². The number of ether oxygens (including phenoxy) is 1. The van der Waals surface area contributed by atoms with E-state index >= 15 is 0 Å². The summed E-state index contributed by atoms with van der Waals surface area (Å²) in [5.41, 5.74) is 2.65. The van der Waals surface area contributed by atoms with E-state index in [2.05, 4.69) is 0 Å². The maximum Gasteiger partial charge on any atom is 0.410 e. The molecular weight excluding hydrogens is 424 g/mol. The van der Waals surface area contributed by atoms with Gasteiger partial charge in [0.05, 0.1) is 17.3 Å². The SMILES string of the molecule is CC(C)(C)OC(=O)N1CCCCC1C(O)c1cc(-c2ccc(Cl)cc2)nc2ccccc12. The minimum atomic E-state index is -0.859. The fourth-order valence-corrected chi connectivity index (χ4v) is 4.38. The summed E-state index contributed by atoms with van der Waals surface area (Å²) in [4.78, 5) is 19.4. The van der Waals surface area contributed by atoms with E-state index in [0.29, 0.717) is 18.0 Å². The number of likely N-dealkylation sites (tertiary alicyclic amines) is 1. The molecule has 1 aromatic heterocycles. The number of halogens is 1. The number of hydrogen-bond donors (Lipinski definition) is 1. The molecule has 1 amide bonds. The number of fused-ring (bicyclic) bond motifs is 1. The predicted octanol–water partition coefficient (Wildman–Crippen LogP) is 6.38. The number of pyridine rings is 1. The van der Waals surface area contributed by atoms with Crippen molar-refractivity contribution in [1.82, 2.24) is 9.88 Å².